The minimum absolute atomic E-state index is 0.196. The van der Waals surface area contributed by atoms with Crippen LogP contribution in [0.2, 0.25) is 5.02 Å². The van der Waals surface area contributed by atoms with E-state index in [0.717, 1.165) is 35.8 Å². The van der Waals surface area contributed by atoms with Crippen molar-refractivity contribution in [3.63, 3.8) is 0 Å². The molecule has 1 aliphatic rings. The number of nitrogens with one attached hydrogen (secondary N) is 1. The Morgan fingerprint density at radius 3 is 2.69 bits per heavy atom. The number of anilines is 2. The fourth-order valence-corrected chi connectivity index (χ4v) is 3.34. The largest absolute Gasteiger partial charge is 0.369 e. The molecule has 0 bridgehead atoms. The van der Waals surface area contributed by atoms with Gasteiger partial charge in [0.15, 0.2) is 0 Å². The highest BCUT2D eigenvalue weighted by Gasteiger charge is 2.20. The van der Waals surface area contributed by atoms with Gasteiger partial charge in [-0.05, 0) is 55.7 Å². The number of carbonyl (C=O) groups excluding carboxylic acids is 1. The number of nitrogens with zero attached hydrogens (tertiary/aromatic N) is 2. The van der Waals surface area contributed by atoms with Crippen LogP contribution in [0.3, 0.4) is 0 Å². The fraction of sp³-hybridized carbons (Fsp3) is 0.350. The molecule has 2 aromatic carbocycles. The average Bonchev–Trinajstić information content (AvgIpc) is 2.87. The van der Waals surface area contributed by atoms with E-state index < -0.39 is 0 Å². The predicted molar refractivity (Wildman–Crippen MR) is 105 cm³/mol. The summed E-state index contributed by atoms with van der Waals surface area (Å²) in [4.78, 5) is 16.6. The molecule has 138 valence electrons. The average molecular weight is 376 g/mol. The smallest absolute Gasteiger partial charge is 0.321 e. The maximum Gasteiger partial charge on any atom is 0.321 e. The minimum atomic E-state index is -0.318. The lowest BCUT2D eigenvalue weighted by molar-refractivity contribution is 0.215. The van der Waals surface area contributed by atoms with Gasteiger partial charge < -0.3 is 15.1 Å². The normalized spacial score (nSPS) is 14.9. The molecule has 4 nitrogen and oxygen atoms in total. The molecule has 0 saturated carbocycles. The third-order valence-electron chi connectivity index (χ3n) is 4.79. The zero-order valence-electron chi connectivity index (χ0n) is 15.1. The van der Waals surface area contributed by atoms with Crippen molar-refractivity contribution in [1.29, 1.82) is 0 Å². The van der Waals surface area contributed by atoms with Gasteiger partial charge in [-0.3, -0.25) is 0 Å². The van der Waals surface area contributed by atoms with Crippen LogP contribution in [-0.4, -0.2) is 37.1 Å². The molecular formula is C20H23ClFN3O. The van der Waals surface area contributed by atoms with Crippen molar-refractivity contribution >= 4 is 29.0 Å². The number of urea groups is 1. The van der Waals surface area contributed by atoms with Gasteiger partial charge in [0.05, 0.1) is 0 Å². The van der Waals surface area contributed by atoms with Gasteiger partial charge in [-0.15, -0.1) is 0 Å². The number of carbonyl (C=O) groups is 1. The van der Waals surface area contributed by atoms with Crippen LogP contribution < -0.4 is 10.2 Å². The number of amides is 2. The van der Waals surface area contributed by atoms with E-state index in [1.54, 1.807) is 24.0 Å². The van der Waals surface area contributed by atoms with Crippen molar-refractivity contribution < 1.29 is 9.18 Å². The molecule has 3 rings (SSSR count). The first-order valence-corrected chi connectivity index (χ1v) is 9.15. The highest BCUT2D eigenvalue weighted by atomic mass is 35.5. The topological polar surface area (TPSA) is 35.6 Å². The summed E-state index contributed by atoms with van der Waals surface area (Å²) in [5.41, 5.74) is 3.21. The lowest BCUT2D eigenvalue weighted by atomic mass is 10.1. The van der Waals surface area contributed by atoms with E-state index >= 15 is 0 Å². The van der Waals surface area contributed by atoms with Crippen molar-refractivity contribution in [2.24, 2.45) is 0 Å². The van der Waals surface area contributed by atoms with Crippen LogP contribution in [-0.2, 0) is 0 Å². The third-order valence-corrected chi connectivity index (χ3v) is 5.20. The molecule has 0 aliphatic carbocycles. The first kappa shape index (κ1) is 18.5. The molecule has 1 aliphatic heterocycles. The highest BCUT2D eigenvalue weighted by Crippen LogP contribution is 2.27. The van der Waals surface area contributed by atoms with E-state index in [0.29, 0.717) is 24.3 Å². The Balaban J connectivity index is 1.65. The zero-order chi connectivity index (χ0) is 18.7. The first-order chi connectivity index (χ1) is 12.5. The van der Waals surface area contributed by atoms with E-state index in [4.69, 9.17) is 11.6 Å². The predicted octanol–water partition coefficient (Wildman–Crippen LogP) is 4.84. The molecule has 1 saturated heterocycles. The van der Waals surface area contributed by atoms with E-state index in [1.807, 2.05) is 19.1 Å². The van der Waals surface area contributed by atoms with Crippen LogP contribution in [0.15, 0.2) is 36.4 Å². The van der Waals surface area contributed by atoms with Crippen LogP contribution >= 0.6 is 11.6 Å². The van der Waals surface area contributed by atoms with Crippen molar-refractivity contribution in [2.75, 3.05) is 36.4 Å². The summed E-state index contributed by atoms with van der Waals surface area (Å²) < 4.78 is 13.7. The molecule has 0 spiro atoms. The highest BCUT2D eigenvalue weighted by molar-refractivity contribution is 6.31. The van der Waals surface area contributed by atoms with Gasteiger partial charge >= 0.3 is 6.03 Å². The molecule has 1 fully saturated rings. The van der Waals surface area contributed by atoms with E-state index in [-0.39, 0.29) is 11.8 Å². The summed E-state index contributed by atoms with van der Waals surface area (Å²) in [7, 11) is 0. The maximum atomic E-state index is 13.7. The second-order valence-electron chi connectivity index (χ2n) is 6.61. The Labute approximate surface area is 158 Å². The van der Waals surface area contributed by atoms with Gasteiger partial charge in [-0.1, -0.05) is 23.7 Å². The fourth-order valence-electron chi connectivity index (χ4n) is 3.17. The summed E-state index contributed by atoms with van der Waals surface area (Å²) in [6.45, 7) is 6.57. The van der Waals surface area contributed by atoms with Crippen LogP contribution in [0.4, 0.5) is 20.6 Å². The minimum Gasteiger partial charge on any atom is -0.369 e. The van der Waals surface area contributed by atoms with Crippen molar-refractivity contribution in [2.45, 2.75) is 20.3 Å². The molecule has 2 amide bonds. The van der Waals surface area contributed by atoms with Gasteiger partial charge in [0.1, 0.15) is 5.82 Å². The molecular weight excluding hydrogens is 353 g/mol. The number of aryl methyl sites for hydroxylation is 1. The second kappa shape index (κ2) is 7.96. The standard InChI is InChI=1S/C20H23ClFN3O/c1-14-7-8-16(13-18(14)22)23-20(26)25-10-4-9-24(11-12-25)19-6-3-5-17(21)15(19)2/h3,5-8,13H,4,9-12H2,1-2H3,(H,23,26). The molecule has 2 aromatic rings. The number of hydrogen-bond acceptors (Lipinski definition) is 2. The molecule has 1 N–H and O–H groups in total. The van der Waals surface area contributed by atoms with Crippen LogP contribution in [0.1, 0.15) is 17.5 Å². The van der Waals surface area contributed by atoms with Crippen molar-refractivity contribution in [1.82, 2.24) is 4.90 Å². The number of rotatable bonds is 2. The lowest BCUT2D eigenvalue weighted by Crippen LogP contribution is -2.38. The number of hydrogen-bond donors (Lipinski definition) is 1. The Morgan fingerprint density at radius 1 is 1.12 bits per heavy atom. The Hall–Kier alpha value is -2.27. The molecule has 0 unspecified atom stereocenters. The van der Waals surface area contributed by atoms with E-state index in [1.165, 1.54) is 6.07 Å². The summed E-state index contributed by atoms with van der Waals surface area (Å²) >= 11 is 6.24. The molecule has 6 heteroatoms. The Kier molecular flexibility index (Phi) is 5.67. The maximum absolute atomic E-state index is 13.7. The molecule has 26 heavy (non-hydrogen) atoms. The molecule has 0 radical (unpaired) electrons. The summed E-state index contributed by atoms with van der Waals surface area (Å²) in [6.07, 6.45) is 0.863. The SMILES string of the molecule is Cc1ccc(NC(=O)N2CCCN(c3cccc(Cl)c3C)CC2)cc1F. The molecule has 1 heterocycles. The van der Waals surface area contributed by atoms with Crippen LogP contribution in [0.5, 0.6) is 0 Å². The van der Waals surface area contributed by atoms with Gasteiger partial charge in [0.25, 0.3) is 0 Å². The Morgan fingerprint density at radius 2 is 1.92 bits per heavy atom. The number of halogens is 2. The summed E-state index contributed by atoms with van der Waals surface area (Å²) in [6, 6.07) is 10.4. The van der Waals surface area contributed by atoms with Crippen LogP contribution in [0, 0.1) is 19.7 Å². The van der Waals surface area contributed by atoms with Gasteiger partial charge in [0, 0.05) is 42.6 Å². The second-order valence-corrected chi connectivity index (χ2v) is 7.01. The summed E-state index contributed by atoms with van der Waals surface area (Å²) in [5.74, 6) is -0.318. The zero-order valence-corrected chi connectivity index (χ0v) is 15.8. The van der Waals surface area contributed by atoms with E-state index in [2.05, 4.69) is 16.3 Å². The van der Waals surface area contributed by atoms with Crippen molar-refractivity contribution in [3.8, 4) is 0 Å². The third kappa shape index (κ3) is 4.10. The molecule has 0 atom stereocenters. The first-order valence-electron chi connectivity index (χ1n) is 8.78. The lowest BCUT2D eigenvalue weighted by Gasteiger charge is -2.25. The van der Waals surface area contributed by atoms with Gasteiger partial charge in [0.2, 0.25) is 0 Å². The quantitative estimate of drug-likeness (QED) is 0.815. The van der Waals surface area contributed by atoms with Gasteiger partial charge in [-0.2, -0.15) is 0 Å². The van der Waals surface area contributed by atoms with Gasteiger partial charge in [-0.25, -0.2) is 9.18 Å². The monoisotopic (exact) mass is 375 g/mol. The Bertz CT molecular complexity index is 812. The summed E-state index contributed by atoms with van der Waals surface area (Å²) in [5, 5.41) is 3.54. The van der Waals surface area contributed by atoms with Crippen LogP contribution in [0.25, 0.3) is 0 Å². The van der Waals surface area contributed by atoms with Crippen molar-refractivity contribution in [3.05, 3.63) is 58.4 Å². The van der Waals surface area contributed by atoms with E-state index in [9.17, 15) is 9.18 Å². The number of benzene rings is 2. The molecule has 0 aromatic heterocycles.